The molecule has 0 spiro atoms. The van der Waals surface area contributed by atoms with Crippen molar-refractivity contribution in [3.05, 3.63) is 64.4 Å². The first-order valence-corrected chi connectivity index (χ1v) is 6.24. The van der Waals surface area contributed by atoms with Gasteiger partial charge >= 0.3 is 0 Å². The molecule has 0 aliphatic carbocycles. The molecule has 0 aliphatic heterocycles. The molecule has 0 fully saturated rings. The second kappa shape index (κ2) is 6.04. The molecule has 0 bridgehead atoms. The minimum atomic E-state index is -0.977. The summed E-state index contributed by atoms with van der Waals surface area (Å²) >= 11 is 5.88. The van der Waals surface area contributed by atoms with Crippen LogP contribution in [-0.4, -0.2) is 12.2 Å². The highest BCUT2D eigenvalue weighted by molar-refractivity contribution is 6.30. The molecule has 0 saturated heterocycles. The van der Waals surface area contributed by atoms with Crippen LogP contribution in [0.1, 0.15) is 17.2 Å². The second-order valence-electron chi connectivity index (χ2n) is 4.21. The Morgan fingerprint density at radius 2 is 2.00 bits per heavy atom. The van der Waals surface area contributed by atoms with Gasteiger partial charge in [0.15, 0.2) is 0 Å². The lowest BCUT2D eigenvalue weighted by molar-refractivity contribution is 0.169. The molecule has 2 nitrogen and oxygen atoms in total. The highest BCUT2D eigenvalue weighted by Crippen LogP contribution is 2.30. The van der Waals surface area contributed by atoms with Crippen LogP contribution in [0.5, 0.6) is 5.75 Å². The lowest BCUT2D eigenvalue weighted by Gasteiger charge is -2.15. The van der Waals surface area contributed by atoms with Gasteiger partial charge < -0.3 is 9.84 Å². The van der Waals surface area contributed by atoms with Crippen molar-refractivity contribution in [3.8, 4) is 5.75 Å². The Labute approximate surface area is 116 Å². The van der Waals surface area contributed by atoms with Crippen LogP contribution < -0.4 is 4.74 Å². The summed E-state index contributed by atoms with van der Waals surface area (Å²) in [7, 11) is 1.45. The van der Waals surface area contributed by atoms with Crippen LogP contribution in [0.3, 0.4) is 0 Å². The standard InChI is InChI=1S/C15H14ClFO2/c1-19-14-7-3-6-12(17)15(14)13(18)9-10-4-2-5-11(16)8-10/h2-8,13,18H,9H2,1H3. The van der Waals surface area contributed by atoms with Gasteiger partial charge in [-0.2, -0.15) is 0 Å². The lowest BCUT2D eigenvalue weighted by atomic mass is 10.00. The van der Waals surface area contributed by atoms with Crippen molar-refractivity contribution in [1.82, 2.24) is 0 Å². The molecule has 2 rings (SSSR count). The maximum Gasteiger partial charge on any atom is 0.132 e. The predicted octanol–water partition coefficient (Wildman–Crippen LogP) is 3.76. The molecule has 100 valence electrons. The summed E-state index contributed by atoms with van der Waals surface area (Å²) < 4.78 is 18.9. The molecule has 0 aromatic heterocycles. The van der Waals surface area contributed by atoms with E-state index in [1.807, 2.05) is 6.07 Å². The zero-order valence-corrected chi connectivity index (χ0v) is 11.2. The Kier molecular flexibility index (Phi) is 4.40. The van der Waals surface area contributed by atoms with Crippen molar-refractivity contribution < 1.29 is 14.2 Å². The molecule has 4 heteroatoms. The van der Waals surface area contributed by atoms with E-state index in [4.69, 9.17) is 16.3 Å². The molecule has 1 N–H and O–H groups in total. The average molecular weight is 281 g/mol. The molecular formula is C15H14ClFO2. The topological polar surface area (TPSA) is 29.5 Å². The number of halogens is 2. The molecule has 0 heterocycles. The van der Waals surface area contributed by atoms with Crippen LogP contribution in [0, 0.1) is 5.82 Å². The van der Waals surface area contributed by atoms with Gasteiger partial charge in [0.05, 0.1) is 18.8 Å². The van der Waals surface area contributed by atoms with Gasteiger partial charge in [-0.05, 0) is 29.8 Å². The number of hydrogen-bond donors (Lipinski definition) is 1. The van der Waals surface area contributed by atoms with Crippen LogP contribution in [0.4, 0.5) is 4.39 Å². The minimum absolute atomic E-state index is 0.171. The van der Waals surface area contributed by atoms with Gasteiger partial charge in [0.1, 0.15) is 11.6 Å². The van der Waals surface area contributed by atoms with E-state index < -0.39 is 11.9 Å². The van der Waals surface area contributed by atoms with Crippen LogP contribution >= 0.6 is 11.6 Å². The summed E-state index contributed by atoms with van der Waals surface area (Å²) in [5.74, 6) is -0.136. The predicted molar refractivity (Wildman–Crippen MR) is 73.1 cm³/mol. The van der Waals surface area contributed by atoms with Gasteiger partial charge in [-0.15, -0.1) is 0 Å². The summed E-state index contributed by atoms with van der Waals surface area (Å²) in [6.07, 6.45) is -0.702. The fourth-order valence-electron chi connectivity index (χ4n) is 2.01. The van der Waals surface area contributed by atoms with Crippen LogP contribution in [0.15, 0.2) is 42.5 Å². The summed E-state index contributed by atoms with van der Waals surface area (Å²) in [5.41, 5.74) is 1.01. The summed E-state index contributed by atoms with van der Waals surface area (Å²) in [6.45, 7) is 0. The van der Waals surface area contributed by atoms with Gasteiger partial charge in [0, 0.05) is 11.4 Å². The molecule has 0 amide bonds. The van der Waals surface area contributed by atoms with Gasteiger partial charge in [-0.3, -0.25) is 0 Å². The van der Waals surface area contributed by atoms with E-state index in [0.717, 1.165) is 5.56 Å². The van der Waals surface area contributed by atoms with Crippen molar-refractivity contribution in [1.29, 1.82) is 0 Å². The number of ether oxygens (including phenoxy) is 1. The van der Waals surface area contributed by atoms with Gasteiger partial charge in [0.25, 0.3) is 0 Å². The molecule has 1 atom stereocenters. The summed E-state index contributed by atoms with van der Waals surface area (Å²) in [4.78, 5) is 0. The fourth-order valence-corrected chi connectivity index (χ4v) is 2.22. The first kappa shape index (κ1) is 13.8. The summed E-state index contributed by atoms with van der Waals surface area (Å²) in [5, 5.41) is 10.8. The molecular weight excluding hydrogens is 267 g/mol. The van der Waals surface area contributed by atoms with Crippen LogP contribution in [0.2, 0.25) is 5.02 Å². The normalized spacial score (nSPS) is 12.2. The van der Waals surface area contributed by atoms with Crippen LogP contribution in [0.25, 0.3) is 0 Å². The molecule has 0 radical (unpaired) electrons. The van der Waals surface area contributed by atoms with E-state index in [-0.39, 0.29) is 12.0 Å². The van der Waals surface area contributed by atoms with E-state index in [1.54, 1.807) is 30.3 Å². The Balaban J connectivity index is 2.27. The molecule has 2 aromatic rings. The number of methoxy groups -OCH3 is 1. The van der Waals surface area contributed by atoms with E-state index >= 15 is 0 Å². The quantitative estimate of drug-likeness (QED) is 0.924. The van der Waals surface area contributed by atoms with Crippen molar-refractivity contribution >= 4 is 11.6 Å². The van der Waals surface area contributed by atoms with Gasteiger partial charge in [-0.1, -0.05) is 29.8 Å². The number of aliphatic hydroxyl groups is 1. The minimum Gasteiger partial charge on any atom is -0.496 e. The number of rotatable bonds is 4. The fraction of sp³-hybridized carbons (Fsp3) is 0.200. The van der Waals surface area contributed by atoms with Gasteiger partial charge in [0.2, 0.25) is 0 Å². The zero-order chi connectivity index (χ0) is 13.8. The Morgan fingerprint density at radius 1 is 1.26 bits per heavy atom. The zero-order valence-electron chi connectivity index (χ0n) is 10.4. The Hall–Kier alpha value is -1.58. The molecule has 2 aromatic carbocycles. The average Bonchev–Trinajstić information content (AvgIpc) is 2.38. The van der Waals surface area contributed by atoms with E-state index in [1.165, 1.54) is 13.2 Å². The van der Waals surface area contributed by atoms with E-state index in [9.17, 15) is 9.50 Å². The third-order valence-electron chi connectivity index (χ3n) is 2.88. The van der Waals surface area contributed by atoms with E-state index in [0.29, 0.717) is 10.8 Å². The summed E-state index contributed by atoms with van der Waals surface area (Å²) in [6, 6.07) is 11.6. The number of hydrogen-bond acceptors (Lipinski definition) is 2. The lowest BCUT2D eigenvalue weighted by Crippen LogP contribution is -2.06. The molecule has 1 unspecified atom stereocenters. The highest BCUT2D eigenvalue weighted by atomic mass is 35.5. The number of aliphatic hydroxyl groups excluding tert-OH is 1. The Morgan fingerprint density at radius 3 is 2.68 bits per heavy atom. The highest BCUT2D eigenvalue weighted by Gasteiger charge is 2.18. The smallest absolute Gasteiger partial charge is 0.132 e. The first-order valence-electron chi connectivity index (χ1n) is 5.86. The second-order valence-corrected chi connectivity index (χ2v) is 4.64. The maximum absolute atomic E-state index is 13.8. The SMILES string of the molecule is COc1cccc(F)c1C(O)Cc1cccc(Cl)c1. The van der Waals surface area contributed by atoms with E-state index in [2.05, 4.69) is 0 Å². The van der Waals surface area contributed by atoms with Gasteiger partial charge in [-0.25, -0.2) is 4.39 Å². The van der Waals surface area contributed by atoms with Crippen molar-refractivity contribution in [2.45, 2.75) is 12.5 Å². The monoisotopic (exact) mass is 280 g/mol. The largest absolute Gasteiger partial charge is 0.496 e. The van der Waals surface area contributed by atoms with Crippen molar-refractivity contribution in [2.75, 3.05) is 7.11 Å². The molecule has 19 heavy (non-hydrogen) atoms. The maximum atomic E-state index is 13.8. The van der Waals surface area contributed by atoms with Crippen LogP contribution in [-0.2, 0) is 6.42 Å². The molecule has 0 aliphatic rings. The van der Waals surface area contributed by atoms with Crippen molar-refractivity contribution in [2.24, 2.45) is 0 Å². The van der Waals surface area contributed by atoms with Crippen molar-refractivity contribution in [3.63, 3.8) is 0 Å². The number of benzene rings is 2. The Bertz CT molecular complexity index is 572. The third kappa shape index (κ3) is 3.25. The first-order chi connectivity index (χ1) is 9.11. The third-order valence-corrected chi connectivity index (χ3v) is 3.12. The molecule has 0 saturated carbocycles.